The van der Waals surface area contributed by atoms with E-state index in [-0.39, 0.29) is 5.92 Å². The minimum absolute atomic E-state index is 0.107. The van der Waals surface area contributed by atoms with Crippen molar-refractivity contribution in [2.75, 3.05) is 0 Å². The van der Waals surface area contributed by atoms with Crippen LogP contribution in [0.5, 0.6) is 0 Å². The molecule has 0 saturated carbocycles. The van der Waals surface area contributed by atoms with Crippen LogP contribution in [-0.4, -0.2) is 9.66 Å². The van der Waals surface area contributed by atoms with Gasteiger partial charge in [0.05, 0.1) is 17.2 Å². The third-order valence-corrected chi connectivity index (χ3v) is 3.29. The largest absolute Gasteiger partial charge is 0.243 e. The molecule has 0 radical (unpaired) electrons. The summed E-state index contributed by atoms with van der Waals surface area (Å²) in [6.45, 7) is 6.23. The van der Waals surface area contributed by atoms with E-state index in [1.807, 2.05) is 6.07 Å². The smallest absolute Gasteiger partial charge is 0.120 e. The topological polar surface area (TPSA) is 47.2 Å². The molecule has 0 amide bonds. The van der Waals surface area contributed by atoms with Crippen molar-refractivity contribution in [3.8, 4) is 0 Å². The number of imidazole rings is 1. The van der Waals surface area contributed by atoms with Gasteiger partial charge in [-0.15, -0.1) is 4.91 Å². The Morgan fingerprint density at radius 1 is 1.35 bits per heavy atom. The van der Waals surface area contributed by atoms with Crippen LogP contribution >= 0.6 is 0 Å². The van der Waals surface area contributed by atoms with Gasteiger partial charge in [-0.25, -0.2) is 4.98 Å². The van der Waals surface area contributed by atoms with Gasteiger partial charge in [0, 0.05) is 5.92 Å². The number of aryl methyl sites for hydroxylation is 1. The molecule has 1 aromatic heterocycles. The first-order chi connectivity index (χ1) is 8.15. The Morgan fingerprint density at radius 2 is 2.12 bits per heavy atom. The lowest BCUT2D eigenvalue weighted by Gasteiger charge is -2.15. The molecule has 0 N–H and O–H groups in total. The number of aromatic nitrogens is 2. The predicted molar refractivity (Wildman–Crippen MR) is 66.9 cm³/mol. The maximum atomic E-state index is 10.6. The Labute approximate surface area is 100 Å². The molecule has 0 spiro atoms. The van der Waals surface area contributed by atoms with E-state index in [0.717, 1.165) is 5.69 Å². The van der Waals surface area contributed by atoms with Gasteiger partial charge in [-0.3, -0.25) is 0 Å². The van der Waals surface area contributed by atoms with E-state index >= 15 is 0 Å². The average molecular weight is 229 g/mol. The minimum Gasteiger partial charge on any atom is -0.243 e. The SMILES string of the molecule is Cc1cccc([C@H](C)c2cncn2N=O)c1C. The summed E-state index contributed by atoms with van der Waals surface area (Å²) >= 11 is 0. The highest BCUT2D eigenvalue weighted by molar-refractivity contribution is 5.38. The molecule has 88 valence electrons. The highest BCUT2D eigenvalue weighted by Gasteiger charge is 2.16. The van der Waals surface area contributed by atoms with E-state index in [9.17, 15) is 4.91 Å². The Hall–Kier alpha value is -1.97. The molecular formula is C13H15N3O. The van der Waals surface area contributed by atoms with Gasteiger partial charge in [0.1, 0.15) is 6.33 Å². The summed E-state index contributed by atoms with van der Waals surface area (Å²) in [4.78, 5) is 14.6. The Morgan fingerprint density at radius 3 is 2.82 bits per heavy atom. The Balaban J connectivity index is 2.47. The second-order valence-corrected chi connectivity index (χ2v) is 4.26. The normalized spacial score (nSPS) is 12.4. The fourth-order valence-corrected chi connectivity index (χ4v) is 2.08. The number of benzene rings is 1. The van der Waals surface area contributed by atoms with Gasteiger partial charge >= 0.3 is 0 Å². The third-order valence-electron chi connectivity index (χ3n) is 3.29. The van der Waals surface area contributed by atoms with E-state index in [4.69, 9.17) is 0 Å². The second kappa shape index (κ2) is 4.49. The highest BCUT2D eigenvalue weighted by Crippen LogP contribution is 2.27. The van der Waals surface area contributed by atoms with Gasteiger partial charge in [0.25, 0.3) is 0 Å². The van der Waals surface area contributed by atoms with Crippen LogP contribution < -0.4 is 0 Å². The molecule has 0 aliphatic heterocycles. The molecule has 1 atom stereocenters. The predicted octanol–water partition coefficient (Wildman–Crippen LogP) is 3.18. The van der Waals surface area contributed by atoms with E-state index in [2.05, 4.69) is 43.2 Å². The first-order valence-electron chi connectivity index (χ1n) is 5.57. The lowest BCUT2D eigenvalue weighted by atomic mass is 9.92. The second-order valence-electron chi connectivity index (χ2n) is 4.26. The van der Waals surface area contributed by atoms with Crippen molar-refractivity contribution < 1.29 is 0 Å². The fourth-order valence-electron chi connectivity index (χ4n) is 2.08. The Bertz CT molecular complexity index is 545. The molecule has 0 bridgehead atoms. The van der Waals surface area contributed by atoms with Crippen LogP contribution in [0.2, 0.25) is 0 Å². The van der Waals surface area contributed by atoms with Crippen LogP contribution in [0, 0.1) is 18.8 Å². The molecule has 0 aliphatic rings. The van der Waals surface area contributed by atoms with Crippen LogP contribution in [0.25, 0.3) is 0 Å². The quantitative estimate of drug-likeness (QED) is 0.759. The first kappa shape index (κ1) is 11.5. The van der Waals surface area contributed by atoms with Crippen molar-refractivity contribution in [3.05, 3.63) is 58.0 Å². The number of hydrogen-bond donors (Lipinski definition) is 0. The Kier molecular flexibility index (Phi) is 3.04. The lowest BCUT2D eigenvalue weighted by Crippen LogP contribution is -2.04. The molecule has 0 unspecified atom stereocenters. The fraction of sp³-hybridized carbons (Fsp3) is 0.308. The zero-order valence-electron chi connectivity index (χ0n) is 10.2. The highest BCUT2D eigenvalue weighted by atomic mass is 16.3. The first-order valence-corrected chi connectivity index (χ1v) is 5.57. The van der Waals surface area contributed by atoms with Crippen molar-refractivity contribution in [1.29, 1.82) is 0 Å². The van der Waals surface area contributed by atoms with E-state index in [0.29, 0.717) is 0 Å². The van der Waals surface area contributed by atoms with Gasteiger partial charge in [-0.2, -0.15) is 4.68 Å². The molecule has 17 heavy (non-hydrogen) atoms. The van der Waals surface area contributed by atoms with Gasteiger partial charge < -0.3 is 0 Å². The van der Waals surface area contributed by atoms with E-state index in [1.54, 1.807) is 6.20 Å². The summed E-state index contributed by atoms with van der Waals surface area (Å²) in [6.07, 6.45) is 3.12. The molecule has 0 fully saturated rings. The van der Waals surface area contributed by atoms with Gasteiger partial charge in [-0.1, -0.05) is 25.1 Å². The number of nitroso groups, excluding NO2 is 1. The van der Waals surface area contributed by atoms with Crippen LogP contribution in [0.4, 0.5) is 0 Å². The molecular weight excluding hydrogens is 214 g/mol. The summed E-state index contributed by atoms with van der Waals surface area (Å²) in [6, 6.07) is 6.19. The monoisotopic (exact) mass is 229 g/mol. The van der Waals surface area contributed by atoms with E-state index < -0.39 is 0 Å². The van der Waals surface area contributed by atoms with Gasteiger partial charge in [0.2, 0.25) is 0 Å². The summed E-state index contributed by atoms with van der Waals surface area (Å²) in [7, 11) is 0. The third kappa shape index (κ3) is 1.98. The maximum Gasteiger partial charge on any atom is 0.120 e. The summed E-state index contributed by atoms with van der Waals surface area (Å²) in [5, 5.41) is 2.93. The number of rotatable bonds is 3. The molecule has 1 aromatic carbocycles. The molecule has 0 saturated heterocycles. The van der Waals surface area contributed by atoms with Crippen molar-refractivity contribution >= 4 is 0 Å². The lowest BCUT2D eigenvalue weighted by molar-refractivity contribution is 0.742. The zero-order valence-corrected chi connectivity index (χ0v) is 10.2. The molecule has 2 aromatic rings. The van der Waals surface area contributed by atoms with Crippen LogP contribution in [0.3, 0.4) is 0 Å². The summed E-state index contributed by atoms with van der Waals surface area (Å²) in [5.41, 5.74) is 4.52. The minimum atomic E-state index is 0.107. The zero-order chi connectivity index (χ0) is 12.4. The van der Waals surface area contributed by atoms with Gasteiger partial charge in [-0.05, 0) is 30.5 Å². The van der Waals surface area contributed by atoms with Gasteiger partial charge in [0.15, 0.2) is 0 Å². The molecule has 4 heteroatoms. The van der Waals surface area contributed by atoms with Crippen molar-refractivity contribution in [2.24, 2.45) is 5.29 Å². The summed E-state index contributed by atoms with van der Waals surface area (Å²) in [5.74, 6) is 0.107. The number of nitrogens with zero attached hydrogens (tertiary/aromatic N) is 3. The van der Waals surface area contributed by atoms with Crippen molar-refractivity contribution in [3.63, 3.8) is 0 Å². The molecule has 2 rings (SSSR count). The average Bonchev–Trinajstić information content (AvgIpc) is 2.80. The van der Waals surface area contributed by atoms with E-state index in [1.165, 1.54) is 27.7 Å². The van der Waals surface area contributed by atoms with Crippen LogP contribution in [-0.2, 0) is 0 Å². The number of hydrogen-bond acceptors (Lipinski definition) is 3. The summed E-state index contributed by atoms with van der Waals surface area (Å²) < 4.78 is 1.28. The standard InChI is InChI=1S/C13H15N3O/c1-9-5-4-6-12(10(9)2)11(3)13-7-14-8-16(13)15-17/h4-8,11H,1-3H3/t11-/m0/s1. The molecule has 1 heterocycles. The molecule has 0 aliphatic carbocycles. The van der Waals surface area contributed by atoms with Crippen molar-refractivity contribution in [1.82, 2.24) is 9.66 Å². The van der Waals surface area contributed by atoms with Crippen molar-refractivity contribution in [2.45, 2.75) is 26.7 Å². The maximum absolute atomic E-state index is 10.6. The van der Waals surface area contributed by atoms with Crippen LogP contribution in [0.1, 0.15) is 35.2 Å². The molecule has 4 nitrogen and oxygen atoms in total. The van der Waals surface area contributed by atoms with Crippen LogP contribution in [0.15, 0.2) is 36.0 Å².